The second-order valence-corrected chi connectivity index (χ2v) is 4.13. The fourth-order valence-electron chi connectivity index (χ4n) is 1.62. The standard InChI is InChI=1S/C12H11ClF2N3/c13-6-2-5-11-8-16-17-18(11)10-4-1-3-9(7-10)12(14)15/h1,3-4,7,12H,2,5-6H2. The number of alkyl halides is 3. The van der Waals surface area contributed by atoms with Gasteiger partial charge in [-0.3, -0.25) is 0 Å². The molecule has 95 valence electrons. The number of benzene rings is 1. The van der Waals surface area contributed by atoms with Gasteiger partial charge in [-0.2, -0.15) is 0 Å². The fraction of sp³-hybridized carbons (Fsp3) is 0.333. The maximum atomic E-state index is 12.6. The van der Waals surface area contributed by atoms with Crippen LogP contribution in [0.5, 0.6) is 0 Å². The lowest BCUT2D eigenvalue weighted by molar-refractivity contribution is 0.151. The average Bonchev–Trinajstić information content (AvgIpc) is 2.84. The molecule has 0 aliphatic heterocycles. The molecule has 0 N–H and O–H groups in total. The van der Waals surface area contributed by atoms with E-state index in [0.717, 1.165) is 12.1 Å². The van der Waals surface area contributed by atoms with E-state index >= 15 is 0 Å². The van der Waals surface area contributed by atoms with Crippen molar-refractivity contribution in [2.45, 2.75) is 19.3 Å². The summed E-state index contributed by atoms with van der Waals surface area (Å²) in [7, 11) is 0. The summed E-state index contributed by atoms with van der Waals surface area (Å²) in [5, 5.41) is 7.55. The number of hydrogen-bond acceptors (Lipinski definition) is 2. The molecule has 3 nitrogen and oxygen atoms in total. The van der Waals surface area contributed by atoms with Crippen LogP contribution in [0.3, 0.4) is 0 Å². The molecule has 0 fully saturated rings. The van der Waals surface area contributed by atoms with Gasteiger partial charge in [-0.25, -0.2) is 13.5 Å². The van der Waals surface area contributed by atoms with E-state index in [9.17, 15) is 8.78 Å². The maximum Gasteiger partial charge on any atom is 0.263 e. The van der Waals surface area contributed by atoms with E-state index in [4.69, 9.17) is 11.6 Å². The van der Waals surface area contributed by atoms with E-state index in [1.54, 1.807) is 12.1 Å². The first-order valence-electron chi connectivity index (χ1n) is 5.49. The van der Waals surface area contributed by atoms with Crippen LogP contribution in [0.4, 0.5) is 8.78 Å². The summed E-state index contributed by atoms with van der Waals surface area (Å²) >= 11 is 5.62. The maximum absolute atomic E-state index is 12.6. The van der Waals surface area contributed by atoms with Gasteiger partial charge in [-0.1, -0.05) is 17.3 Å². The summed E-state index contributed by atoms with van der Waals surface area (Å²) in [6.07, 6.45) is 1.67. The van der Waals surface area contributed by atoms with Crippen LogP contribution in [0.1, 0.15) is 24.1 Å². The van der Waals surface area contributed by atoms with Crippen LogP contribution in [0.25, 0.3) is 5.69 Å². The first-order chi connectivity index (χ1) is 8.72. The number of rotatable bonds is 5. The highest BCUT2D eigenvalue weighted by molar-refractivity contribution is 6.17. The van der Waals surface area contributed by atoms with Crippen molar-refractivity contribution in [1.29, 1.82) is 0 Å². The highest BCUT2D eigenvalue weighted by atomic mass is 35.5. The number of aromatic nitrogens is 3. The molecule has 0 spiro atoms. The largest absolute Gasteiger partial charge is 0.263 e. The van der Waals surface area contributed by atoms with Crippen molar-refractivity contribution in [1.82, 2.24) is 15.0 Å². The van der Waals surface area contributed by atoms with Gasteiger partial charge in [-0.05, 0) is 25.0 Å². The minimum Gasteiger partial charge on any atom is -0.217 e. The van der Waals surface area contributed by atoms with Crippen molar-refractivity contribution < 1.29 is 8.78 Å². The van der Waals surface area contributed by atoms with E-state index < -0.39 is 6.43 Å². The second kappa shape index (κ2) is 5.91. The predicted octanol–water partition coefficient (Wildman–Crippen LogP) is 3.18. The molecule has 6 heteroatoms. The second-order valence-electron chi connectivity index (χ2n) is 3.75. The average molecular weight is 271 g/mol. The van der Waals surface area contributed by atoms with Crippen LogP contribution in [0.15, 0.2) is 24.3 Å². The predicted molar refractivity (Wildman–Crippen MR) is 64.2 cm³/mol. The van der Waals surface area contributed by atoms with Gasteiger partial charge >= 0.3 is 0 Å². The van der Waals surface area contributed by atoms with Gasteiger partial charge in [0.2, 0.25) is 0 Å². The molecule has 1 aromatic carbocycles. The van der Waals surface area contributed by atoms with Crippen LogP contribution < -0.4 is 0 Å². The molecule has 2 rings (SSSR count). The zero-order chi connectivity index (χ0) is 13.0. The van der Waals surface area contributed by atoms with Crippen molar-refractivity contribution in [2.75, 3.05) is 5.88 Å². The van der Waals surface area contributed by atoms with Gasteiger partial charge in [0, 0.05) is 11.4 Å². The molecule has 0 aliphatic carbocycles. The zero-order valence-electron chi connectivity index (χ0n) is 9.48. The Bertz CT molecular complexity index is 514. The molecule has 0 amide bonds. The number of halogens is 3. The van der Waals surface area contributed by atoms with Gasteiger partial charge in [0.25, 0.3) is 6.43 Å². The minimum atomic E-state index is -2.50. The summed E-state index contributed by atoms with van der Waals surface area (Å²) in [4.78, 5) is 0. The summed E-state index contributed by atoms with van der Waals surface area (Å²) in [6, 6.07) is 6.06. The first kappa shape index (κ1) is 13.0. The van der Waals surface area contributed by atoms with Crippen LogP contribution in [0, 0.1) is 6.20 Å². The Kier molecular flexibility index (Phi) is 4.25. The normalized spacial score (nSPS) is 11.1. The van der Waals surface area contributed by atoms with Crippen molar-refractivity contribution in [3.8, 4) is 5.69 Å². The molecule has 0 atom stereocenters. The summed E-state index contributed by atoms with van der Waals surface area (Å²) in [5.41, 5.74) is 1.26. The SMILES string of the molecule is FC(F)c1cccc(-n2nn[c]c2CCCCl)c1. The lowest BCUT2D eigenvalue weighted by atomic mass is 10.2. The van der Waals surface area contributed by atoms with Gasteiger partial charge in [0.05, 0.1) is 11.4 Å². The molecule has 1 radical (unpaired) electrons. The highest BCUT2D eigenvalue weighted by Gasteiger charge is 2.11. The number of nitrogens with zero attached hydrogens (tertiary/aromatic N) is 3. The molecule has 2 aromatic rings. The molecular formula is C12H11ClF2N3. The number of hydrogen-bond donors (Lipinski definition) is 0. The molecular weight excluding hydrogens is 260 g/mol. The van der Waals surface area contributed by atoms with Gasteiger partial charge in [0.15, 0.2) is 0 Å². The Labute approximate surface area is 108 Å². The lowest BCUT2D eigenvalue weighted by Gasteiger charge is -2.07. The van der Waals surface area contributed by atoms with Crippen LogP contribution >= 0.6 is 11.6 Å². The Morgan fingerprint density at radius 1 is 1.39 bits per heavy atom. The molecule has 0 saturated heterocycles. The molecule has 1 heterocycles. The van der Waals surface area contributed by atoms with E-state index in [1.807, 2.05) is 0 Å². The Morgan fingerprint density at radius 2 is 2.22 bits per heavy atom. The minimum absolute atomic E-state index is 0.0358. The van der Waals surface area contributed by atoms with Gasteiger partial charge in [0.1, 0.15) is 6.20 Å². The van der Waals surface area contributed by atoms with Crippen LogP contribution in [0.2, 0.25) is 0 Å². The Morgan fingerprint density at radius 3 is 2.94 bits per heavy atom. The fourth-order valence-corrected chi connectivity index (χ4v) is 1.76. The third kappa shape index (κ3) is 2.85. The van der Waals surface area contributed by atoms with Crippen LogP contribution in [-0.4, -0.2) is 20.9 Å². The monoisotopic (exact) mass is 270 g/mol. The summed E-state index contributed by atoms with van der Waals surface area (Å²) in [6.45, 7) is 0. The van der Waals surface area contributed by atoms with E-state index in [0.29, 0.717) is 18.0 Å². The molecule has 18 heavy (non-hydrogen) atoms. The summed E-state index contributed by atoms with van der Waals surface area (Å²) in [5.74, 6) is 0.524. The number of aryl methyl sites for hydroxylation is 1. The summed E-state index contributed by atoms with van der Waals surface area (Å²) < 4.78 is 26.8. The molecule has 0 unspecified atom stereocenters. The van der Waals surface area contributed by atoms with E-state index in [2.05, 4.69) is 16.5 Å². The molecule has 1 aromatic heterocycles. The van der Waals surface area contributed by atoms with Crippen molar-refractivity contribution >= 4 is 11.6 Å². The topological polar surface area (TPSA) is 30.7 Å². The molecule has 0 aliphatic rings. The van der Waals surface area contributed by atoms with Crippen molar-refractivity contribution in [3.63, 3.8) is 0 Å². The van der Waals surface area contributed by atoms with Gasteiger partial charge in [-0.15, -0.1) is 16.7 Å². The van der Waals surface area contributed by atoms with Gasteiger partial charge < -0.3 is 0 Å². The molecule has 0 saturated carbocycles. The molecule has 0 bridgehead atoms. The highest BCUT2D eigenvalue weighted by Crippen LogP contribution is 2.21. The zero-order valence-corrected chi connectivity index (χ0v) is 10.2. The smallest absolute Gasteiger partial charge is 0.217 e. The van der Waals surface area contributed by atoms with Crippen LogP contribution in [-0.2, 0) is 6.42 Å². The third-order valence-corrected chi connectivity index (χ3v) is 2.75. The third-order valence-electron chi connectivity index (χ3n) is 2.48. The van der Waals surface area contributed by atoms with E-state index in [1.165, 1.54) is 16.8 Å². The first-order valence-corrected chi connectivity index (χ1v) is 6.02. The Balaban J connectivity index is 2.30. The van der Waals surface area contributed by atoms with E-state index in [-0.39, 0.29) is 5.56 Å². The Hall–Kier alpha value is -1.49. The van der Waals surface area contributed by atoms with Crippen molar-refractivity contribution in [3.05, 3.63) is 41.7 Å². The van der Waals surface area contributed by atoms with Crippen molar-refractivity contribution in [2.24, 2.45) is 0 Å². The quantitative estimate of drug-likeness (QED) is 0.781. The lowest BCUT2D eigenvalue weighted by Crippen LogP contribution is -2.03.